The van der Waals surface area contributed by atoms with Gasteiger partial charge in [0.15, 0.2) is 11.6 Å². The second kappa shape index (κ2) is 7.42. The number of nitrogens with one attached hydrogen (secondary N) is 2. The molecule has 7 heteroatoms. The molecule has 0 fully saturated rings. The van der Waals surface area contributed by atoms with E-state index >= 15 is 0 Å². The molecule has 0 spiro atoms. The Morgan fingerprint density at radius 1 is 1.29 bits per heavy atom. The maximum atomic E-state index is 12.9. The van der Waals surface area contributed by atoms with Crippen molar-refractivity contribution < 1.29 is 13.6 Å². The van der Waals surface area contributed by atoms with Gasteiger partial charge >= 0.3 is 0 Å². The molecule has 1 aromatic rings. The third-order valence-electron chi connectivity index (χ3n) is 1.92. The van der Waals surface area contributed by atoms with Crippen LogP contribution < -0.4 is 10.6 Å². The minimum Gasteiger partial charge on any atom is -0.351 e. The van der Waals surface area contributed by atoms with Gasteiger partial charge in [-0.05, 0) is 19.2 Å². The Labute approximate surface area is 109 Å². The number of hydrogen-bond acceptors (Lipinski definition) is 2. The summed E-state index contributed by atoms with van der Waals surface area (Å²) in [7, 11) is 1.73. The third-order valence-corrected chi connectivity index (χ3v) is 2.23. The molecule has 0 saturated heterocycles. The molecule has 1 rings (SSSR count). The lowest BCUT2D eigenvalue weighted by molar-refractivity contribution is 0.0953. The summed E-state index contributed by atoms with van der Waals surface area (Å²) in [6.45, 7) is 0.956. The molecule has 0 unspecified atom stereocenters. The van der Waals surface area contributed by atoms with Crippen LogP contribution in [0.3, 0.4) is 0 Å². The zero-order chi connectivity index (χ0) is 12.1. The lowest BCUT2D eigenvalue weighted by Gasteiger charge is -2.06. The second-order valence-corrected chi connectivity index (χ2v) is 3.51. The molecular weight excluding hydrogens is 273 g/mol. The van der Waals surface area contributed by atoms with E-state index in [1.807, 2.05) is 0 Å². The molecule has 0 aliphatic rings. The minimum atomic E-state index is -1.09. The van der Waals surface area contributed by atoms with Gasteiger partial charge in [0, 0.05) is 13.1 Å². The molecule has 96 valence electrons. The van der Waals surface area contributed by atoms with Crippen LogP contribution in [0.5, 0.6) is 0 Å². The first-order valence-corrected chi connectivity index (χ1v) is 5.01. The minimum absolute atomic E-state index is 0. The highest BCUT2D eigenvalue weighted by atomic mass is 35.5. The van der Waals surface area contributed by atoms with Crippen LogP contribution in [0.15, 0.2) is 12.1 Å². The van der Waals surface area contributed by atoms with E-state index in [1.54, 1.807) is 7.05 Å². The topological polar surface area (TPSA) is 41.1 Å². The van der Waals surface area contributed by atoms with Crippen molar-refractivity contribution in [3.8, 4) is 0 Å². The van der Waals surface area contributed by atoms with E-state index in [-0.39, 0.29) is 23.0 Å². The number of benzene rings is 1. The number of halogens is 4. The highest BCUT2D eigenvalue weighted by molar-refractivity contribution is 6.33. The van der Waals surface area contributed by atoms with Crippen molar-refractivity contribution in [3.63, 3.8) is 0 Å². The molecule has 0 aliphatic heterocycles. The predicted octanol–water partition coefficient (Wildman–Crippen LogP) is 1.99. The Balaban J connectivity index is 0.00000256. The van der Waals surface area contributed by atoms with Gasteiger partial charge in [0.2, 0.25) is 0 Å². The summed E-state index contributed by atoms with van der Waals surface area (Å²) < 4.78 is 25.6. The summed E-state index contributed by atoms with van der Waals surface area (Å²) in [5, 5.41) is 5.23. The van der Waals surface area contributed by atoms with Crippen LogP contribution in [0.1, 0.15) is 10.4 Å². The Morgan fingerprint density at radius 2 is 1.88 bits per heavy atom. The van der Waals surface area contributed by atoms with Crippen molar-refractivity contribution in [1.82, 2.24) is 10.6 Å². The lowest BCUT2D eigenvalue weighted by Crippen LogP contribution is -2.30. The monoisotopic (exact) mass is 284 g/mol. The number of carbonyl (C=O) groups excluding carboxylic acids is 1. The summed E-state index contributed by atoms with van der Waals surface area (Å²) in [6.07, 6.45) is 0. The molecule has 0 bridgehead atoms. The SMILES string of the molecule is CNCCNC(=O)c1cc(F)c(F)cc1Cl.Cl. The quantitative estimate of drug-likeness (QED) is 0.656. The normalized spacial score (nSPS) is 9.65. The molecule has 0 radical (unpaired) electrons. The van der Waals surface area contributed by atoms with Gasteiger partial charge in [-0.15, -0.1) is 12.4 Å². The van der Waals surface area contributed by atoms with Crippen molar-refractivity contribution in [3.05, 3.63) is 34.4 Å². The van der Waals surface area contributed by atoms with Crippen LogP contribution in [0.2, 0.25) is 5.02 Å². The van der Waals surface area contributed by atoms with E-state index in [4.69, 9.17) is 11.6 Å². The first kappa shape index (κ1) is 16.1. The lowest BCUT2D eigenvalue weighted by atomic mass is 10.2. The van der Waals surface area contributed by atoms with E-state index in [0.29, 0.717) is 13.1 Å². The molecule has 0 heterocycles. The Kier molecular flexibility index (Phi) is 7.03. The van der Waals surface area contributed by atoms with Gasteiger partial charge in [0.05, 0.1) is 10.6 Å². The van der Waals surface area contributed by atoms with Crippen LogP contribution in [0.25, 0.3) is 0 Å². The molecule has 0 saturated carbocycles. The molecule has 0 aliphatic carbocycles. The molecule has 1 amide bonds. The average molecular weight is 285 g/mol. The van der Waals surface area contributed by atoms with Gasteiger partial charge in [0.1, 0.15) is 0 Å². The standard InChI is InChI=1S/C10H11ClF2N2O.ClH/c1-14-2-3-15-10(16)6-4-8(12)9(13)5-7(6)11;/h4-5,14H,2-3H2,1H3,(H,15,16);1H. The van der Waals surface area contributed by atoms with Gasteiger partial charge in [-0.2, -0.15) is 0 Å². The van der Waals surface area contributed by atoms with Crippen LogP contribution >= 0.6 is 24.0 Å². The first-order chi connectivity index (χ1) is 7.56. The number of carbonyl (C=O) groups is 1. The smallest absolute Gasteiger partial charge is 0.252 e. The fourth-order valence-corrected chi connectivity index (χ4v) is 1.33. The number of rotatable bonds is 4. The van der Waals surface area contributed by atoms with Gasteiger partial charge in [-0.25, -0.2) is 8.78 Å². The fourth-order valence-electron chi connectivity index (χ4n) is 1.09. The van der Waals surface area contributed by atoms with Gasteiger partial charge in [0.25, 0.3) is 5.91 Å². The zero-order valence-corrected chi connectivity index (χ0v) is 10.6. The maximum absolute atomic E-state index is 12.9. The molecule has 0 aromatic heterocycles. The van der Waals surface area contributed by atoms with Crippen molar-refractivity contribution in [2.75, 3.05) is 20.1 Å². The molecule has 1 aromatic carbocycles. The van der Waals surface area contributed by atoms with Crippen LogP contribution in [0.4, 0.5) is 8.78 Å². The van der Waals surface area contributed by atoms with Crippen molar-refractivity contribution >= 4 is 29.9 Å². The fraction of sp³-hybridized carbons (Fsp3) is 0.300. The first-order valence-electron chi connectivity index (χ1n) is 4.63. The van der Waals surface area contributed by atoms with Gasteiger partial charge < -0.3 is 10.6 Å². The zero-order valence-electron chi connectivity index (χ0n) is 9.02. The van der Waals surface area contributed by atoms with E-state index in [0.717, 1.165) is 12.1 Å². The van der Waals surface area contributed by atoms with E-state index in [1.165, 1.54) is 0 Å². The van der Waals surface area contributed by atoms with Crippen molar-refractivity contribution in [2.45, 2.75) is 0 Å². The van der Waals surface area contributed by atoms with Gasteiger partial charge in [-0.3, -0.25) is 4.79 Å². The second-order valence-electron chi connectivity index (χ2n) is 3.11. The Hall–Kier alpha value is -0.910. The van der Waals surface area contributed by atoms with Crippen molar-refractivity contribution in [1.29, 1.82) is 0 Å². The maximum Gasteiger partial charge on any atom is 0.252 e. The number of hydrogen-bond donors (Lipinski definition) is 2. The average Bonchev–Trinajstić information content (AvgIpc) is 2.23. The Bertz CT molecular complexity index is 402. The summed E-state index contributed by atoms with van der Waals surface area (Å²) in [5.41, 5.74) is -0.0725. The van der Waals surface area contributed by atoms with Crippen molar-refractivity contribution in [2.24, 2.45) is 0 Å². The largest absolute Gasteiger partial charge is 0.351 e. The van der Waals surface area contributed by atoms with E-state index < -0.39 is 17.5 Å². The van der Waals surface area contributed by atoms with Crippen LogP contribution in [-0.2, 0) is 0 Å². The molecule has 3 nitrogen and oxygen atoms in total. The van der Waals surface area contributed by atoms with E-state index in [9.17, 15) is 13.6 Å². The highest BCUT2D eigenvalue weighted by Gasteiger charge is 2.14. The highest BCUT2D eigenvalue weighted by Crippen LogP contribution is 2.19. The summed E-state index contributed by atoms with van der Waals surface area (Å²) in [4.78, 5) is 11.5. The predicted molar refractivity (Wildman–Crippen MR) is 64.9 cm³/mol. The van der Waals surface area contributed by atoms with E-state index in [2.05, 4.69) is 10.6 Å². The summed E-state index contributed by atoms with van der Waals surface area (Å²) in [5.74, 6) is -2.70. The summed E-state index contributed by atoms with van der Waals surface area (Å²) >= 11 is 5.63. The summed E-state index contributed by atoms with van der Waals surface area (Å²) in [6, 6.07) is 1.57. The van der Waals surface area contributed by atoms with Crippen LogP contribution in [0, 0.1) is 11.6 Å². The molecule has 17 heavy (non-hydrogen) atoms. The van der Waals surface area contributed by atoms with Gasteiger partial charge in [-0.1, -0.05) is 11.6 Å². The molecule has 0 atom stereocenters. The number of likely N-dealkylation sites (N-methyl/N-ethyl adjacent to an activating group) is 1. The number of amides is 1. The van der Waals surface area contributed by atoms with Crippen LogP contribution in [-0.4, -0.2) is 26.0 Å². The third kappa shape index (κ3) is 4.46. The molecule has 2 N–H and O–H groups in total. The molecular formula is C10H12Cl2F2N2O. The Morgan fingerprint density at radius 3 is 2.47 bits per heavy atom.